The first-order valence-corrected chi connectivity index (χ1v) is 11.0. The molecule has 0 spiro atoms. The fraction of sp³-hybridized carbons (Fsp3) is 0.500. The summed E-state index contributed by atoms with van der Waals surface area (Å²) in [6, 6.07) is 16.1. The van der Waals surface area contributed by atoms with Crippen molar-refractivity contribution in [3.05, 3.63) is 70.2 Å². The molecule has 2 heterocycles. The fourth-order valence-electron chi connectivity index (χ4n) is 4.57. The summed E-state index contributed by atoms with van der Waals surface area (Å²) in [6.07, 6.45) is 2.51. The van der Waals surface area contributed by atoms with Crippen LogP contribution in [-0.2, 0) is 21.7 Å². The second-order valence-corrected chi connectivity index (χ2v) is 8.49. The SMILES string of the molecule is CCc1ccc(C(O)CN2CCC(C3(c4ccc(Cl)cc4)OCCO3)CC2)cc1. The van der Waals surface area contributed by atoms with Gasteiger partial charge in [-0.1, -0.05) is 54.9 Å². The van der Waals surface area contributed by atoms with E-state index in [0.717, 1.165) is 48.5 Å². The van der Waals surface area contributed by atoms with Gasteiger partial charge in [0.05, 0.1) is 19.3 Å². The molecule has 0 bridgehead atoms. The minimum absolute atomic E-state index is 0.295. The van der Waals surface area contributed by atoms with Crippen molar-refractivity contribution in [1.29, 1.82) is 0 Å². The molecule has 1 unspecified atom stereocenters. The Balaban J connectivity index is 1.38. The molecule has 0 radical (unpaired) electrons. The monoisotopic (exact) mass is 415 g/mol. The maximum Gasteiger partial charge on any atom is 0.197 e. The highest BCUT2D eigenvalue weighted by Gasteiger charge is 2.46. The molecule has 5 heteroatoms. The smallest absolute Gasteiger partial charge is 0.197 e. The summed E-state index contributed by atoms with van der Waals surface area (Å²) < 4.78 is 12.4. The maximum atomic E-state index is 10.7. The number of aryl methyl sites for hydroxylation is 1. The van der Waals surface area contributed by atoms with E-state index < -0.39 is 11.9 Å². The van der Waals surface area contributed by atoms with Gasteiger partial charge in [0.15, 0.2) is 5.79 Å². The molecule has 2 aromatic rings. The first-order valence-electron chi connectivity index (χ1n) is 10.6. The first kappa shape index (κ1) is 20.8. The molecule has 4 nitrogen and oxygen atoms in total. The molecule has 2 aliphatic rings. The minimum Gasteiger partial charge on any atom is -0.387 e. The highest BCUT2D eigenvalue weighted by molar-refractivity contribution is 6.30. The van der Waals surface area contributed by atoms with Gasteiger partial charge >= 0.3 is 0 Å². The van der Waals surface area contributed by atoms with Gasteiger partial charge in [0, 0.05) is 23.0 Å². The average Bonchev–Trinajstić information content (AvgIpc) is 3.26. The van der Waals surface area contributed by atoms with Crippen LogP contribution in [0, 0.1) is 5.92 Å². The van der Waals surface area contributed by atoms with E-state index in [1.165, 1.54) is 5.56 Å². The van der Waals surface area contributed by atoms with Crippen LogP contribution in [0.4, 0.5) is 0 Å². The van der Waals surface area contributed by atoms with Crippen molar-refractivity contribution in [2.45, 2.75) is 38.1 Å². The average molecular weight is 416 g/mol. The third-order valence-corrected chi connectivity index (χ3v) is 6.54. The van der Waals surface area contributed by atoms with E-state index in [1.54, 1.807) is 0 Å². The number of benzene rings is 2. The fourth-order valence-corrected chi connectivity index (χ4v) is 4.70. The van der Waals surface area contributed by atoms with Gasteiger partial charge in [-0.2, -0.15) is 0 Å². The summed E-state index contributed by atoms with van der Waals surface area (Å²) in [5.74, 6) is -0.367. The van der Waals surface area contributed by atoms with Gasteiger partial charge in [0.2, 0.25) is 0 Å². The Labute approximate surface area is 178 Å². The third kappa shape index (κ3) is 4.52. The van der Waals surface area contributed by atoms with Crippen molar-refractivity contribution in [2.75, 3.05) is 32.8 Å². The van der Waals surface area contributed by atoms with Crippen molar-refractivity contribution in [3.8, 4) is 0 Å². The van der Waals surface area contributed by atoms with Crippen LogP contribution in [0.25, 0.3) is 0 Å². The molecule has 0 amide bonds. The number of halogens is 1. The molecule has 0 aromatic heterocycles. The topological polar surface area (TPSA) is 41.9 Å². The third-order valence-electron chi connectivity index (χ3n) is 6.29. The van der Waals surface area contributed by atoms with E-state index in [4.69, 9.17) is 21.1 Å². The predicted octanol–water partition coefficient (Wildman–Crippen LogP) is 4.55. The van der Waals surface area contributed by atoms with Crippen molar-refractivity contribution in [1.82, 2.24) is 4.90 Å². The Kier molecular flexibility index (Phi) is 6.57. The molecule has 2 aromatic carbocycles. The van der Waals surface area contributed by atoms with Crippen LogP contribution >= 0.6 is 11.6 Å². The lowest BCUT2D eigenvalue weighted by molar-refractivity contribution is -0.214. The van der Waals surface area contributed by atoms with E-state index in [-0.39, 0.29) is 0 Å². The molecule has 0 saturated carbocycles. The molecule has 1 N–H and O–H groups in total. The van der Waals surface area contributed by atoms with Crippen LogP contribution in [0.5, 0.6) is 0 Å². The van der Waals surface area contributed by atoms with Crippen LogP contribution in [0.15, 0.2) is 48.5 Å². The summed E-state index contributed by atoms with van der Waals surface area (Å²) in [4.78, 5) is 2.35. The Bertz CT molecular complexity index is 779. The lowest BCUT2D eigenvalue weighted by Crippen LogP contribution is -2.45. The van der Waals surface area contributed by atoms with Crippen molar-refractivity contribution in [3.63, 3.8) is 0 Å². The molecular formula is C24H30ClNO3. The number of likely N-dealkylation sites (tertiary alicyclic amines) is 1. The van der Waals surface area contributed by atoms with E-state index in [1.807, 2.05) is 36.4 Å². The predicted molar refractivity (Wildman–Crippen MR) is 115 cm³/mol. The molecule has 1 atom stereocenters. The summed E-state index contributed by atoms with van der Waals surface area (Å²) >= 11 is 6.07. The highest BCUT2D eigenvalue weighted by atomic mass is 35.5. The lowest BCUT2D eigenvalue weighted by Gasteiger charge is -2.41. The van der Waals surface area contributed by atoms with E-state index in [2.05, 4.69) is 24.0 Å². The molecule has 4 rings (SSSR count). The van der Waals surface area contributed by atoms with Crippen LogP contribution in [0.3, 0.4) is 0 Å². The van der Waals surface area contributed by atoms with E-state index in [9.17, 15) is 5.11 Å². The molecule has 29 heavy (non-hydrogen) atoms. The number of β-amino-alcohol motifs (C(OH)–C–C–N with tert-alkyl or cyclic N) is 1. The maximum absolute atomic E-state index is 10.7. The lowest BCUT2D eigenvalue weighted by atomic mass is 9.84. The number of aliphatic hydroxyl groups excluding tert-OH is 1. The molecule has 2 aliphatic heterocycles. The van der Waals surface area contributed by atoms with Crippen LogP contribution in [0.1, 0.15) is 42.6 Å². The van der Waals surface area contributed by atoms with Gasteiger partial charge in [-0.3, -0.25) is 0 Å². The Morgan fingerprint density at radius 1 is 1.03 bits per heavy atom. The van der Waals surface area contributed by atoms with E-state index >= 15 is 0 Å². The summed E-state index contributed by atoms with van der Waals surface area (Å²) in [6.45, 7) is 5.90. The zero-order valence-electron chi connectivity index (χ0n) is 17.0. The van der Waals surface area contributed by atoms with Gasteiger partial charge in [0.25, 0.3) is 0 Å². The quantitative estimate of drug-likeness (QED) is 0.751. The first-order chi connectivity index (χ1) is 14.1. The van der Waals surface area contributed by atoms with E-state index in [0.29, 0.717) is 25.7 Å². The second-order valence-electron chi connectivity index (χ2n) is 8.06. The minimum atomic E-state index is -0.661. The molecule has 156 valence electrons. The van der Waals surface area contributed by atoms with Crippen LogP contribution in [0.2, 0.25) is 5.02 Å². The molecular weight excluding hydrogens is 386 g/mol. The van der Waals surface area contributed by atoms with Crippen molar-refractivity contribution >= 4 is 11.6 Å². The van der Waals surface area contributed by atoms with Gasteiger partial charge in [-0.25, -0.2) is 0 Å². The summed E-state index contributed by atoms with van der Waals surface area (Å²) in [5.41, 5.74) is 3.34. The van der Waals surface area contributed by atoms with Gasteiger partial charge < -0.3 is 19.5 Å². The number of ether oxygens (including phenoxy) is 2. The number of aliphatic hydroxyl groups is 1. The number of piperidine rings is 1. The van der Waals surface area contributed by atoms with Gasteiger partial charge in [0.1, 0.15) is 0 Å². The highest BCUT2D eigenvalue weighted by Crippen LogP contribution is 2.43. The molecule has 2 fully saturated rings. The number of rotatable bonds is 6. The molecule has 0 aliphatic carbocycles. The Hall–Kier alpha value is -1.43. The number of nitrogens with zero attached hydrogens (tertiary/aromatic N) is 1. The van der Waals surface area contributed by atoms with Crippen LogP contribution in [-0.4, -0.2) is 42.9 Å². The number of hydrogen-bond acceptors (Lipinski definition) is 4. The summed E-state index contributed by atoms with van der Waals surface area (Å²) in [5, 5.41) is 11.4. The number of hydrogen-bond donors (Lipinski definition) is 1. The normalized spacial score (nSPS) is 21.3. The van der Waals surface area contributed by atoms with Crippen molar-refractivity contribution < 1.29 is 14.6 Å². The van der Waals surface area contributed by atoms with Crippen molar-refractivity contribution in [2.24, 2.45) is 5.92 Å². The zero-order valence-corrected chi connectivity index (χ0v) is 17.8. The van der Waals surface area contributed by atoms with Crippen LogP contribution < -0.4 is 0 Å². The second kappa shape index (κ2) is 9.15. The zero-order chi connectivity index (χ0) is 20.3. The Morgan fingerprint density at radius 2 is 1.66 bits per heavy atom. The largest absolute Gasteiger partial charge is 0.387 e. The van der Waals surface area contributed by atoms with Gasteiger partial charge in [-0.15, -0.1) is 0 Å². The Morgan fingerprint density at radius 3 is 2.24 bits per heavy atom. The van der Waals surface area contributed by atoms with Gasteiger partial charge in [-0.05, 0) is 55.6 Å². The summed E-state index contributed by atoms with van der Waals surface area (Å²) in [7, 11) is 0. The standard InChI is InChI=1S/C24H30ClNO3/c1-2-18-3-5-19(6-4-18)23(27)17-26-13-11-21(12-14-26)24(28-15-16-29-24)20-7-9-22(25)10-8-20/h3-10,21,23,27H,2,11-17H2,1H3. The molecule has 2 saturated heterocycles.